The second kappa shape index (κ2) is 5.23. The number of hydrogen-bond donors (Lipinski definition) is 0. The third-order valence-electron chi connectivity index (χ3n) is 3.21. The van der Waals surface area contributed by atoms with Crippen LogP contribution in [0.15, 0.2) is 12.2 Å². The summed E-state index contributed by atoms with van der Waals surface area (Å²) in [7, 11) is 1.49. The molecule has 2 aliphatic heterocycles. The van der Waals surface area contributed by atoms with Crippen molar-refractivity contribution in [2.45, 2.75) is 57.9 Å². The molecule has 0 aromatic rings. The summed E-state index contributed by atoms with van der Waals surface area (Å²) in [5.41, 5.74) is 0. The highest BCUT2D eigenvalue weighted by Crippen LogP contribution is 2.36. The molecule has 0 saturated carbocycles. The Balaban J connectivity index is 2.22. The Morgan fingerprint density at radius 2 is 1.95 bits per heavy atom. The number of ether oxygens (including phenoxy) is 4. The van der Waals surface area contributed by atoms with Crippen LogP contribution in [0.2, 0.25) is 0 Å². The van der Waals surface area contributed by atoms with E-state index in [-0.39, 0.29) is 12.1 Å². The molecule has 0 radical (unpaired) electrons. The number of carbonyl (C=O) groups is 1. The minimum absolute atomic E-state index is 0.305. The number of fused-ring (bicyclic) bond motifs is 1. The molecule has 2 saturated heterocycles. The fraction of sp³-hybridized carbons (Fsp3) is 0.786. The van der Waals surface area contributed by atoms with Crippen LogP contribution in [0.4, 0.5) is 0 Å². The van der Waals surface area contributed by atoms with Gasteiger partial charge in [-0.25, -0.2) is 4.79 Å². The molecule has 4 atom stereocenters. The van der Waals surface area contributed by atoms with Gasteiger partial charge in [0.1, 0.15) is 12.2 Å². The molecule has 5 heteroatoms. The molecule has 19 heavy (non-hydrogen) atoms. The van der Waals surface area contributed by atoms with E-state index >= 15 is 0 Å². The molecule has 0 bridgehead atoms. The van der Waals surface area contributed by atoms with E-state index in [9.17, 15) is 4.79 Å². The van der Waals surface area contributed by atoms with Crippen LogP contribution in [0.3, 0.4) is 0 Å². The normalized spacial score (nSPS) is 37.7. The molecule has 2 aliphatic rings. The van der Waals surface area contributed by atoms with E-state index in [1.165, 1.54) is 7.11 Å². The van der Waals surface area contributed by atoms with Gasteiger partial charge in [0, 0.05) is 7.11 Å². The summed E-state index contributed by atoms with van der Waals surface area (Å²) in [6, 6.07) is 0. The van der Waals surface area contributed by atoms with E-state index in [2.05, 4.69) is 13.8 Å². The number of hydrogen-bond acceptors (Lipinski definition) is 5. The van der Waals surface area contributed by atoms with E-state index in [1.54, 1.807) is 0 Å². The van der Waals surface area contributed by atoms with Gasteiger partial charge in [0.2, 0.25) is 0 Å². The minimum Gasteiger partial charge on any atom is -0.454 e. The zero-order valence-electron chi connectivity index (χ0n) is 12.1. The van der Waals surface area contributed by atoms with Gasteiger partial charge in [-0.2, -0.15) is 0 Å². The largest absolute Gasteiger partial charge is 0.454 e. The fourth-order valence-electron chi connectivity index (χ4n) is 2.42. The van der Waals surface area contributed by atoms with Crippen molar-refractivity contribution < 1.29 is 23.7 Å². The van der Waals surface area contributed by atoms with Gasteiger partial charge in [-0.05, 0) is 19.8 Å². The first-order valence-corrected chi connectivity index (χ1v) is 6.61. The number of allylic oxidation sites excluding steroid dienone is 1. The van der Waals surface area contributed by atoms with Crippen molar-refractivity contribution in [2.75, 3.05) is 7.11 Å². The zero-order chi connectivity index (χ0) is 14.2. The molecule has 0 aliphatic carbocycles. The van der Waals surface area contributed by atoms with Crippen LogP contribution in [0.1, 0.15) is 27.7 Å². The highest BCUT2D eigenvalue weighted by molar-refractivity contribution is 5.78. The van der Waals surface area contributed by atoms with Crippen LogP contribution in [0.25, 0.3) is 0 Å². The van der Waals surface area contributed by atoms with E-state index in [1.807, 2.05) is 26.0 Å². The highest BCUT2D eigenvalue weighted by atomic mass is 16.8. The lowest BCUT2D eigenvalue weighted by molar-refractivity contribution is -0.318. The lowest BCUT2D eigenvalue weighted by Gasteiger charge is -2.41. The third-order valence-corrected chi connectivity index (χ3v) is 3.21. The Hall–Kier alpha value is -0.910. The molecule has 108 valence electrons. The first-order valence-electron chi connectivity index (χ1n) is 6.61. The molecule has 0 aromatic heterocycles. The number of rotatable bonds is 3. The smallest absolute Gasteiger partial charge is 0.338 e. The summed E-state index contributed by atoms with van der Waals surface area (Å²) < 4.78 is 22.1. The average Bonchev–Trinajstić information content (AvgIpc) is 2.60. The summed E-state index contributed by atoms with van der Waals surface area (Å²) in [6.45, 7) is 7.82. The van der Waals surface area contributed by atoms with Gasteiger partial charge < -0.3 is 18.9 Å². The quantitative estimate of drug-likeness (QED) is 0.576. The second-order valence-electron chi connectivity index (χ2n) is 5.75. The van der Waals surface area contributed by atoms with Crippen molar-refractivity contribution >= 4 is 5.97 Å². The van der Waals surface area contributed by atoms with Crippen molar-refractivity contribution in [2.24, 2.45) is 5.92 Å². The first-order chi connectivity index (χ1) is 8.84. The van der Waals surface area contributed by atoms with Gasteiger partial charge in [0.25, 0.3) is 0 Å². The maximum atomic E-state index is 11.8. The fourth-order valence-corrected chi connectivity index (χ4v) is 2.42. The van der Waals surface area contributed by atoms with Gasteiger partial charge in [-0.15, -0.1) is 0 Å². The van der Waals surface area contributed by atoms with E-state index < -0.39 is 24.1 Å². The Labute approximate surface area is 113 Å². The molecule has 2 fully saturated rings. The molecule has 0 spiro atoms. The summed E-state index contributed by atoms with van der Waals surface area (Å²) >= 11 is 0. The lowest BCUT2D eigenvalue weighted by Crippen LogP contribution is -2.54. The number of methoxy groups -OCH3 is 1. The van der Waals surface area contributed by atoms with Crippen LogP contribution in [-0.4, -0.2) is 43.3 Å². The zero-order valence-corrected chi connectivity index (χ0v) is 12.1. The average molecular weight is 270 g/mol. The second-order valence-corrected chi connectivity index (χ2v) is 5.75. The van der Waals surface area contributed by atoms with E-state index in [0.717, 1.165) is 0 Å². The number of esters is 1. The van der Waals surface area contributed by atoms with Crippen molar-refractivity contribution in [3.8, 4) is 0 Å². The summed E-state index contributed by atoms with van der Waals surface area (Å²) in [5.74, 6) is -0.747. The van der Waals surface area contributed by atoms with Crippen LogP contribution in [0, 0.1) is 5.92 Å². The van der Waals surface area contributed by atoms with Crippen LogP contribution in [-0.2, 0) is 23.7 Å². The van der Waals surface area contributed by atoms with Gasteiger partial charge in [-0.3, -0.25) is 0 Å². The topological polar surface area (TPSA) is 54.0 Å². The Bertz CT molecular complexity index is 374. The molecular weight excluding hydrogens is 248 g/mol. The SMILES string of the molecule is COC1C(=O)O[C@H]2C1OC(C)(C)O[C@@H]2C=CC(C)C. The predicted octanol–water partition coefficient (Wildman–Crippen LogP) is 1.66. The third kappa shape index (κ3) is 2.99. The van der Waals surface area contributed by atoms with Crippen LogP contribution >= 0.6 is 0 Å². The van der Waals surface area contributed by atoms with Gasteiger partial charge in [0.15, 0.2) is 18.0 Å². The van der Waals surface area contributed by atoms with Crippen LogP contribution in [0.5, 0.6) is 0 Å². The standard InChI is InChI=1S/C14H22O5/c1-8(2)6-7-9-10-11(19-14(3,4)18-9)12(16-5)13(15)17-10/h6-12H,1-5H3/t9-,10-,11?,12?/m1/s1. The first kappa shape index (κ1) is 14.5. The summed E-state index contributed by atoms with van der Waals surface area (Å²) in [6.07, 6.45) is 2.13. The van der Waals surface area contributed by atoms with Crippen molar-refractivity contribution in [1.82, 2.24) is 0 Å². The molecule has 5 nitrogen and oxygen atoms in total. The van der Waals surface area contributed by atoms with E-state index in [0.29, 0.717) is 5.92 Å². The molecule has 2 heterocycles. The van der Waals surface area contributed by atoms with E-state index in [4.69, 9.17) is 18.9 Å². The Morgan fingerprint density at radius 3 is 2.53 bits per heavy atom. The van der Waals surface area contributed by atoms with Gasteiger partial charge in [0.05, 0.1) is 0 Å². The molecule has 0 N–H and O–H groups in total. The predicted molar refractivity (Wildman–Crippen MR) is 68.5 cm³/mol. The maximum absolute atomic E-state index is 11.8. The van der Waals surface area contributed by atoms with Gasteiger partial charge in [-0.1, -0.05) is 26.0 Å². The van der Waals surface area contributed by atoms with Crippen molar-refractivity contribution in [1.29, 1.82) is 0 Å². The monoisotopic (exact) mass is 270 g/mol. The Kier molecular flexibility index (Phi) is 3.99. The van der Waals surface area contributed by atoms with Crippen LogP contribution < -0.4 is 0 Å². The van der Waals surface area contributed by atoms with Crippen molar-refractivity contribution in [3.63, 3.8) is 0 Å². The molecular formula is C14H22O5. The maximum Gasteiger partial charge on any atom is 0.338 e. The highest BCUT2D eigenvalue weighted by Gasteiger charge is 2.55. The minimum atomic E-state index is -0.766. The molecule has 0 amide bonds. The molecule has 2 unspecified atom stereocenters. The molecule has 2 rings (SSSR count). The lowest BCUT2D eigenvalue weighted by atomic mass is 10.0. The van der Waals surface area contributed by atoms with Gasteiger partial charge >= 0.3 is 5.97 Å². The van der Waals surface area contributed by atoms with Crippen molar-refractivity contribution in [3.05, 3.63) is 12.2 Å². The molecule has 0 aromatic carbocycles. The number of carbonyl (C=O) groups excluding carboxylic acids is 1. The summed E-state index contributed by atoms with van der Waals surface area (Å²) in [4.78, 5) is 11.8. The summed E-state index contributed by atoms with van der Waals surface area (Å²) in [5, 5.41) is 0. The Morgan fingerprint density at radius 1 is 1.26 bits per heavy atom.